The van der Waals surface area contributed by atoms with Gasteiger partial charge < -0.3 is 15.0 Å². The van der Waals surface area contributed by atoms with Crippen LogP contribution in [0.25, 0.3) is 0 Å². The molecule has 0 aromatic heterocycles. The van der Waals surface area contributed by atoms with Gasteiger partial charge in [-0.3, -0.25) is 14.5 Å². The van der Waals surface area contributed by atoms with Crippen molar-refractivity contribution in [3.8, 4) is 5.75 Å². The van der Waals surface area contributed by atoms with Crippen molar-refractivity contribution in [2.24, 2.45) is 5.92 Å². The summed E-state index contributed by atoms with van der Waals surface area (Å²) in [6.07, 6.45) is 1.53. The number of halogens is 3. The lowest BCUT2D eigenvalue weighted by Crippen LogP contribution is -2.51. The van der Waals surface area contributed by atoms with Gasteiger partial charge in [0.2, 0.25) is 17.7 Å². The fraction of sp³-hybridized carbons (Fsp3) is 0.517. The summed E-state index contributed by atoms with van der Waals surface area (Å²) >= 11 is 0. The third-order valence-corrected chi connectivity index (χ3v) is 8.76. The zero-order chi connectivity index (χ0) is 29.6. The maximum Gasteiger partial charge on any atom is 0.248 e. The highest BCUT2D eigenvalue weighted by Gasteiger charge is 2.35. The van der Waals surface area contributed by atoms with Gasteiger partial charge in [-0.05, 0) is 54.7 Å². The predicted molar refractivity (Wildman–Crippen MR) is 147 cm³/mol. The molecule has 41 heavy (non-hydrogen) atoms. The van der Waals surface area contributed by atoms with Gasteiger partial charge in [0.15, 0.2) is 9.84 Å². The summed E-state index contributed by atoms with van der Waals surface area (Å²) in [5, 5.41) is 2.63. The van der Waals surface area contributed by atoms with Crippen LogP contribution < -0.4 is 10.1 Å². The monoisotopic (exact) mass is 595 g/mol. The number of nitrogens with zero attached hydrogens (tertiary/aromatic N) is 2. The molecule has 224 valence electrons. The van der Waals surface area contributed by atoms with Gasteiger partial charge in [-0.25, -0.2) is 21.6 Å². The molecule has 2 aliphatic rings. The third-order valence-electron chi connectivity index (χ3n) is 7.63. The Hall–Kier alpha value is -3.12. The second-order valence-electron chi connectivity index (χ2n) is 10.9. The number of alkyl halides is 2. The molecule has 0 atom stereocenters. The Bertz CT molecular complexity index is 1320. The van der Waals surface area contributed by atoms with Gasteiger partial charge in [0.1, 0.15) is 18.2 Å². The third kappa shape index (κ3) is 9.19. The van der Waals surface area contributed by atoms with Crippen LogP contribution in [0.1, 0.15) is 43.2 Å². The molecule has 4 rings (SSSR count). The van der Waals surface area contributed by atoms with Crippen LogP contribution in [0.4, 0.5) is 13.2 Å². The highest BCUT2D eigenvalue weighted by Crippen LogP contribution is 2.37. The largest absolute Gasteiger partial charge is 0.489 e. The molecule has 1 saturated heterocycles. The number of amides is 2. The van der Waals surface area contributed by atoms with Crippen molar-refractivity contribution in [1.29, 1.82) is 0 Å². The Kier molecular flexibility index (Phi) is 9.96. The van der Waals surface area contributed by atoms with Gasteiger partial charge in [0.05, 0.1) is 11.4 Å². The quantitative estimate of drug-likeness (QED) is 0.449. The van der Waals surface area contributed by atoms with E-state index in [1.165, 1.54) is 24.3 Å². The fourth-order valence-electron chi connectivity index (χ4n) is 5.13. The standard InChI is InChI=1S/C29H36F3N3O5S/c1-41(38,39)25-5-2-22(3-6-25)20-40-26-7-4-24(30)17-23(26)19-34-12-14-35(15-13-34)28(37)18-33-27(36)16-21-8-10-29(31,32)11-9-21/h2-7,17,21H,8-16,18-20H2,1H3,(H,33,36). The molecule has 12 heteroatoms. The Morgan fingerprint density at radius 3 is 2.32 bits per heavy atom. The Morgan fingerprint density at radius 1 is 1.02 bits per heavy atom. The number of ether oxygens (including phenoxy) is 1. The molecule has 8 nitrogen and oxygen atoms in total. The van der Waals surface area contributed by atoms with E-state index in [-0.39, 0.29) is 55.0 Å². The molecule has 1 saturated carbocycles. The van der Waals surface area contributed by atoms with E-state index in [9.17, 15) is 31.2 Å². The van der Waals surface area contributed by atoms with E-state index in [4.69, 9.17) is 4.74 Å². The number of piperazine rings is 1. The van der Waals surface area contributed by atoms with Crippen molar-refractivity contribution >= 4 is 21.7 Å². The second kappa shape index (κ2) is 13.2. The normalized spacial score (nSPS) is 18.2. The van der Waals surface area contributed by atoms with Crippen molar-refractivity contribution in [3.05, 3.63) is 59.4 Å². The van der Waals surface area contributed by atoms with Crippen molar-refractivity contribution in [2.45, 2.75) is 56.1 Å². The van der Waals surface area contributed by atoms with Gasteiger partial charge in [-0.2, -0.15) is 0 Å². The number of nitrogens with one attached hydrogen (secondary N) is 1. The summed E-state index contributed by atoms with van der Waals surface area (Å²) < 4.78 is 69.9. The summed E-state index contributed by atoms with van der Waals surface area (Å²) in [4.78, 5) is 28.8. The smallest absolute Gasteiger partial charge is 0.248 e. The zero-order valence-electron chi connectivity index (χ0n) is 23.1. The van der Waals surface area contributed by atoms with Crippen LogP contribution in [0.3, 0.4) is 0 Å². The molecule has 2 aromatic carbocycles. The van der Waals surface area contributed by atoms with Crippen molar-refractivity contribution < 1.29 is 35.9 Å². The summed E-state index contributed by atoms with van der Waals surface area (Å²) in [6, 6.07) is 10.7. The lowest BCUT2D eigenvalue weighted by molar-refractivity contribution is -0.134. The van der Waals surface area contributed by atoms with E-state index in [0.717, 1.165) is 11.8 Å². The summed E-state index contributed by atoms with van der Waals surface area (Å²) in [5.74, 6) is -3.09. The average Bonchev–Trinajstić information content (AvgIpc) is 2.92. The van der Waals surface area contributed by atoms with E-state index in [1.807, 2.05) is 0 Å². The number of rotatable bonds is 10. The van der Waals surface area contributed by atoms with E-state index < -0.39 is 21.6 Å². The van der Waals surface area contributed by atoms with E-state index in [1.54, 1.807) is 23.1 Å². The van der Waals surface area contributed by atoms with E-state index >= 15 is 0 Å². The highest BCUT2D eigenvalue weighted by molar-refractivity contribution is 7.90. The summed E-state index contributed by atoms with van der Waals surface area (Å²) in [7, 11) is -3.29. The maximum absolute atomic E-state index is 14.1. The van der Waals surface area contributed by atoms with Gasteiger partial charge in [0.25, 0.3) is 0 Å². The molecule has 0 radical (unpaired) electrons. The SMILES string of the molecule is CS(=O)(=O)c1ccc(COc2ccc(F)cc2CN2CCN(C(=O)CNC(=O)CC3CCC(F)(F)CC3)CC2)cc1. The topological polar surface area (TPSA) is 96.0 Å². The number of hydrogen-bond acceptors (Lipinski definition) is 6. The minimum atomic E-state index is -3.29. The lowest BCUT2D eigenvalue weighted by atomic mass is 9.84. The van der Waals surface area contributed by atoms with Crippen LogP contribution in [0.2, 0.25) is 0 Å². The number of carbonyl (C=O) groups excluding carboxylic acids is 2. The Labute approximate surface area is 238 Å². The fourth-order valence-corrected chi connectivity index (χ4v) is 5.76. The molecule has 2 aromatic rings. The summed E-state index contributed by atoms with van der Waals surface area (Å²) in [5.41, 5.74) is 1.43. The highest BCUT2D eigenvalue weighted by atomic mass is 32.2. The van der Waals surface area contributed by atoms with Crippen molar-refractivity contribution in [1.82, 2.24) is 15.1 Å². The minimum absolute atomic E-state index is 0.0783. The van der Waals surface area contributed by atoms with Crippen LogP contribution in [0, 0.1) is 11.7 Å². The first-order valence-electron chi connectivity index (χ1n) is 13.7. The van der Waals surface area contributed by atoms with Crippen LogP contribution in [-0.4, -0.2) is 74.9 Å². The Balaban J connectivity index is 1.22. The number of benzene rings is 2. The average molecular weight is 596 g/mol. The zero-order valence-corrected chi connectivity index (χ0v) is 23.9. The maximum atomic E-state index is 14.1. The van der Waals surface area contributed by atoms with Crippen LogP contribution >= 0.6 is 0 Å². The van der Waals surface area contributed by atoms with Gasteiger partial charge in [-0.1, -0.05) is 12.1 Å². The molecule has 2 amide bonds. The molecule has 2 fully saturated rings. The molecule has 0 spiro atoms. The first-order valence-corrected chi connectivity index (χ1v) is 15.6. The summed E-state index contributed by atoms with van der Waals surface area (Å²) in [6.45, 7) is 2.48. The molecule has 1 aliphatic carbocycles. The first kappa shape index (κ1) is 30.8. The number of carbonyl (C=O) groups is 2. The second-order valence-corrected chi connectivity index (χ2v) is 12.9. The van der Waals surface area contributed by atoms with Gasteiger partial charge >= 0.3 is 0 Å². The van der Waals surface area contributed by atoms with Gasteiger partial charge in [0, 0.05) is 63.8 Å². The van der Waals surface area contributed by atoms with Crippen LogP contribution in [0.5, 0.6) is 5.75 Å². The van der Waals surface area contributed by atoms with Crippen LogP contribution in [0.15, 0.2) is 47.4 Å². The Morgan fingerprint density at radius 2 is 1.68 bits per heavy atom. The molecule has 1 aliphatic heterocycles. The van der Waals surface area contributed by atoms with E-state index in [0.29, 0.717) is 56.9 Å². The first-order chi connectivity index (χ1) is 19.4. The molecule has 0 bridgehead atoms. The number of sulfone groups is 1. The van der Waals surface area contributed by atoms with E-state index in [2.05, 4.69) is 10.2 Å². The van der Waals surface area contributed by atoms with Gasteiger partial charge in [-0.15, -0.1) is 0 Å². The molecular weight excluding hydrogens is 559 g/mol. The lowest BCUT2D eigenvalue weighted by Gasteiger charge is -2.35. The molecular formula is C29H36F3N3O5S. The molecule has 1 N–H and O–H groups in total. The molecule has 1 heterocycles. The minimum Gasteiger partial charge on any atom is -0.489 e. The van der Waals surface area contributed by atoms with Crippen molar-refractivity contribution in [2.75, 3.05) is 39.0 Å². The number of hydrogen-bond donors (Lipinski definition) is 1. The predicted octanol–water partition coefficient (Wildman–Crippen LogP) is 3.78. The van der Waals surface area contributed by atoms with Crippen molar-refractivity contribution in [3.63, 3.8) is 0 Å². The van der Waals surface area contributed by atoms with Crippen LogP contribution in [-0.2, 0) is 32.6 Å². The molecule has 0 unspecified atom stereocenters.